The first-order valence-electron chi connectivity index (χ1n) is 5.83. The normalized spacial score (nSPS) is 26.4. The average molecular weight is 212 g/mol. The fraction of sp³-hybridized carbons (Fsp3) is 0.833. The van der Waals surface area contributed by atoms with Gasteiger partial charge in [-0.05, 0) is 32.1 Å². The summed E-state index contributed by atoms with van der Waals surface area (Å²) in [4.78, 5) is 22.9. The van der Waals surface area contributed by atoms with E-state index in [1.165, 1.54) is 6.92 Å². The fourth-order valence-corrected chi connectivity index (χ4v) is 2.22. The van der Waals surface area contributed by atoms with E-state index in [0.717, 1.165) is 25.7 Å². The van der Waals surface area contributed by atoms with Gasteiger partial charge >= 0.3 is 5.97 Å². The Morgan fingerprint density at radius 3 is 2.73 bits per heavy atom. The van der Waals surface area contributed by atoms with Gasteiger partial charge in [0, 0.05) is 13.3 Å². The van der Waals surface area contributed by atoms with E-state index in [0.29, 0.717) is 19.3 Å². The van der Waals surface area contributed by atoms with Crippen LogP contribution in [-0.4, -0.2) is 17.4 Å². The first kappa shape index (κ1) is 12.2. The quantitative estimate of drug-likeness (QED) is 0.673. The zero-order valence-corrected chi connectivity index (χ0v) is 9.67. The van der Waals surface area contributed by atoms with Gasteiger partial charge in [-0.2, -0.15) is 0 Å². The molecule has 0 radical (unpaired) electrons. The highest BCUT2D eigenvalue weighted by atomic mass is 16.6. The fourth-order valence-electron chi connectivity index (χ4n) is 2.22. The van der Waals surface area contributed by atoms with Crippen molar-refractivity contribution in [3.05, 3.63) is 0 Å². The molecule has 0 aromatic carbocycles. The lowest BCUT2D eigenvalue weighted by atomic mass is 9.80. The third kappa shape index (κ3) is 3.05. The number of rotatable bonds is 4. The summed E-state index contributed by atoms with van der Waals surface area (Å²) < 4.78 is 5.30. The van der Waals surface area contributed by atoms with Crippen molar-refractivity contribution in [2.75, 3.05) is 0 Å². The van der Waals surface area contributed by atoms with Crippen LogP contribution in [0.4, 0.5) is 0 Å². The molecule has 0 aromatic heterocycles. The molecule has 15 heavy (non-hydrogen) atoms. The van der Waals surface area contributed by atoms with E-state index in [1.54, 1.807) is 0 Å². The summed E-state index contributed by atoms with van der Waals surface area (Å²) in [6.07, 6.45) is 5.87. The number of esters is 1. The summed E-state index contributed by atoms with van der Waals surface area (Å²) in [6.45, 7) is 3.46. The first-order valence-corrected chi connectivity index (χ1v) is 5.83. The number of carbonyl (C=O) groups excluding carboxylic acids is 2. The maximum absolute atomic E-state index is 11.9. The molecular formula is C12H20O3. The molecule has 0 aliphatic heterocycles. The summed E-state index contributed by atoms with van der Waals surface area (Å²) in [5.41, 5.74) is -0.778. The molecule has 1 saturated carbocycles. The summed E-state index contributed by atoms with van der Waals surface area (Å²) >= 11 is 0. The Balaban J connectivity index is 2.72. The van der Waals surface area contributed by atoms with E-state index in [4.69, 9.17) is 4.74 Å². The van der Waals surface area contributed by atoms with E-state index in [-0.39, 0.29) is 11.8 Å². The smallest absolute Gasteiger partial charge is 0.303 e. The molecule has 86 valence electrons. The minimum absolute atomic E-state index is 0.123. The van der Waals surface area contributed by atoms with E-state index in [2.05, 4.69) is 6.92 Å². The first-order chi connectivity index (χ1) is 7.10. The van der Waals surface area contributed by atoms with Crippen LogP contribution in [0.3, 0.4) is 0 Å². The van der Waals surface area contributed by atoms with Crippen molar-refractivity contribution >= 4 is 11.8 Å². The molecule has 0 aromatic rings. The Labute approximate surface area is 91.2 Å². The zero-order chi connectivity index (χ0) is 11.3. The second kappa shape index (κ2) is 5.29. The predicted molar refractivity (Wildman–Crippen MR) is 57.5 cm³/mol. The van der Waals surface area contributed by atoms with Gasteiger partial charge in [-0.3, -0.25) is 9.59 Å². The summed E-state index contributed by atoms with van der Waals surface area (Å²) in [5.74, 6) is -0.209. The lowest BCUT2D eigenvalue weighted by Gasteiger charge is -2.34. The third-order valence-corrected chi connectivity index (χ3v) is 3.02. The lowest BCUT2D eigenvalue weighted by Crippen LogP contribution is -2.45. The number of ether oxygens (including phenoxy) is 1. The number of unbranched alkanes of at least 4 members (excludes halogenated alkanes) is 1. The Hall–Kier alpha value is -0.860. The molecule has 0 bridgehead atoms. The van der Waals surface area contributed by atoms with Gasteiger partial charge in [0.2, 0.25) is 0 Å². The lowest BCUT2D eigenvalue weighted by molar-refractivity contribution is -0.169. The van der Waals surface area contributed by atoms with Crippen LogP contribution < -0.4 is 0 Å². The third-order valence-electron chi connectivity index (χ3n) is 3.02. The van der Waals surface area contributed by atoms with E-state index in [9.17, 15) is 9.59 Å². The standard InChI is InChI=1S/C12H20O3/c1-3-4-8-12(15-10(2)13)9-6-5-7-11(12)14/h3-9H2,1-2H3. The molecule has 0 saturated heterocycles. The second-order valence-electron chi connectivity index (χ2n) is 4.32. The van der Waals surface area contributed by atoms with Gasteiger partial charge in [0.25, 0.3) is 0 Å². The van der Waals surface area contributed by atoms with Gasteiger partial charge < -0.3 is 4.74 Å². The zero-order valence-electron chi connectivity index (χ0n) is 9.67. The number of hydrogen-bond acceptors (Lipinski definition) is 3. The van der Waals surface area contributed by atoms with Gasteiger partial charge in [0.05, 0.1) is 0 Å². The molecule has 0 spiro atoms. The molecule has 0 heterocycles. The molecule has 1 aliphatic carbocycles. The summed E-state index contributed by atoms with van der Waals surface area (Å²) in [7, 11) is 0. The monoisotopic (exact) mass is 212 g/mol. The van der Waals surface area contributed by atoms with Crippen molar-refractivity contribution < 1.29 is 14.3 Å². The molecule has 1 unspecified atom stereocenters. The Morgan fingerprint density at radius 1 is 1.47 bits per heavy atom. The van der Waals surface area contributed by atoms with E-state index in [1.807, 2.05) is 0 Å². The molecule has 3 heteroatoms. The van der Waals surface area contributed by atoms with Crippen LogP contribution in [-0.2, 0) is 14.3 Å². The average Bonchev–Trinajstić information content (AvgIpc) is 2.18. The van der Waals surface area contributed by atoms with Crippen LogP contribution in [0.15, 0.2) is 0 Å². The second-order valence-corrected chi connectivity index (χ2v) is 4.32. The highest BCUT2D eigenvalue weighted by Gasteiger charge is 2.42. The number of carbonyl (C=O) groups is 2. The Morgan fingerprint density at radius 2 is 2.20 bits per heavy atom. The molecule has 1 fully saturated rings. The van der Waals surface area contributed by atoms with Crippen molar-refractivity contribution in [2.24, 2.45) is 0 Å². The van der Waals surface area contributed by atoms with Crippen molar-refractivity contribution in [3.8, 4) is 0 Å². The van der Waals surface area contributed by atoms with Crippen molar-refractivity contribution in [2.45, 2.75) is 64.4 Å². The molecule has 0 N–H and O–H groups in total. The number of ketones is 1. The van der Waals surface area contributed by atoms with Gasteiger partial charge in [-0.15, -0.1) is 0 Å². The highest BCUT2D eigenvalue weighted by Crippen LogP contribution is 2.33. The van der Waals surface area contributed by atoms with Gasteiger partial charge in [0.15, 0.2) is 11.4 Å². The van der Waals surface area contributed by atoms with Gasteiger partial charge in [-0.1, -0.05) is 13.3 Å². The van der Waals surface area contributed by atoms with Crippen molar-refractivity contribution in [3.63, 3.8) is 0 Å². The van der Waals surface area contributed by atoms with Crippen LogP contribution >= 0.6 is 0 Å². The molecule has 3 nitrogen and oxygen atoms in total. The van der Waals surface area contributed by atoms with Crippen LogP contribution in [0.5, 0.6) is 0 Å². The summed E-state index contributed by atoms with van der Waals surface area (Å²) in [5, 5.41) is 0. The molecule has 0 amide bonds. The highest BCUT2D eigenvalue weighted by molar-refractivity contribution is 5.90. The Kier molecular flexibility index (Phi) is 4.30. The molecule has 1 aliphatic rings. The maximum Gasteiger partial charge on any atom is 0.303 e. The van der Waals surface area contributed by atoms with Crippen molar-refractivity contribution in [1.29, 1.82) is 0 Å². The summed E-state index contributed by atoms with van der Waals surface area (Å²) in [6, 6.07) is 0. The predicted octanol–water partition coefficient (Wildman–Crippen LogP) is 2.62. The van der Waals surface area contributed by atoms with Crippen LogP contribution in [0, 0.1) is 0 Å². The number of hydrogen-bond donors (Lipinski definition) is 0. The number of Topliss-reactive ketones (excluding diaryl/α,β-unsaturated/α-hetero) is 1. The minimum atomic E-state index is -0.778. The largest absolute Gasteiger partial charge is 0.451 e. The van der Waals surface area contributed by atoms with Gasteiger partial charge in [-0.25, -0.2) is 0 Å². The van der Waals surface area contributed by atoms with Gasteiger partial charge in [0.1, 0.15) is 0 Å². The maximum atomic E-state index is 11.9. The molecule has 1 atom stereocenters. The SMILES string of the molecule is CCCCC1(OC(C)=O)CCCCC1=O. The molecule has 1 rings (SSSR count). The minimum Gasteiger partial charge on any atom is -0.451 e. The van der Waals surface area contributed by atoms with E-state index < -0.39 is 5.60 Å². The van der Waals surface area contributed by atoms with Crippen LogP contribution in [0.1, 0.15) is 58.8 Å². The van der Waals surface area contributed by atoms with E-state index >= 15 is 0 Å². The van der Waals surface area contributed by atoms with Crippen LogP contribution in [0.2, 0.25) is 0 Å². The Bertz CT molecular complexity index is 247. The topological polar surface area (TPSA) is 43.4 Å². The molecular weight excluding hydrogens is 192 g/mol. The van der Waals surface area contributed by atoms with Crippen LogP contribution in [0.25, 0.3) is 0 Å². The van der Waals surface area contributed by atoms with Crippen molar-refractivity contribution in [1.82, 2.24) is 0 Å².